The molecule has 0 atom stereocenters. The van der Waals surface area contributed by atoms with Crippen LogP contribution in [0.2, 0.25) is 0 Å². The molecule has 2 aromatic carbocycles. The van der Waals surface area contributed by atoms with Crippen LogP contribution in [-0.4, -0.2) is 0 Å². The number of halogens is 1. The molecule has 94 valence electrons. The van der Waals surface area contributed by atoms with Gasteiger partial charge in [0.1, 0.15) is 5.58 Å². The second-order valence-corrected chi connectivity index (χ2v) is 5.03. The summed E-state index contributed by atoms with van der Waals surface area (Å²) in [5.41, 5.74) is 1.86. The summed E-state index contributed by atoms with van der Waals surface area (Å²) in [5.74, 6) is 0. The lowest BCUT2D eigenvalue weighted by molar-refractivity contribution is 0.561. The van der Waals surface area contributed by atoms with Gasteiger partial charge in [-0.25, -0.2) is 4.79 Å². The van der Waals surface area contributed by atoms with Crippen molar-refractivity contribution < 1.29 is 4.42 Å². The first-order chi connectivity index (χ1) is 9.22. The minimum absolute atomic E-state index is 0.367. The van der Waals surface area contributed by atoms with Gasteiger partial charge in [0, 0.05) is 21.6 Å². The smallest absolute Gasteiger partial charge is 0.338 e. The van der Waals surface area contributed by atoms with Gasteiger partial charge in [-0.2, -0.15) is 0 Å². The highest BCUT2D eigenvalue weighted by molar-refractivity contribution is 9.10. The van der Waals surface area contributed by atoms with E-state index in [1.807, 2.05) is 42.5 Å². The molecule has 0 aliphatic heterocycles. The third kappa shape index (κ3) is 2.53. The number of nitrogens with one attached hydrogen (secondary N) is 1. The number of benzene rings is 2. The number of fused-ring (bicyclic) bond motifs is 1. The number of hydrogen-bond donors (Lipinski definition) is 1. The summed E-state index contributed by atoms with van der Waals surface area (Å²) in [6.45, 7) is 0. The van der Waals surface area contributed by atoms with Crippen LogP contribution in [0.5, 0.6) is 0 Å². The Labute approximate surface area is 118 Å². The first-order valence-electron chi connectivity index (χ1n) is 5.78. The largest absolute Gasteiger partial charge is 0.423 e. The molecule has 0 aliphatic rings. The highest BCUT2D eigenvalue weighted by Crippen LogP contribution is 2.27. The van der Waals surface area contributed by atoms with Crippen LogP contribution in [0, 0.1) is 0 Å². The first-order valence-corrected chi connectivity index (χ1v) is 6.57. The molecule has 3 aromatic rings. The molecule has 0 saturated heterocycles. The molecule has 1 aromatic heterocycles. The molecule has 19 heavy (non-hydrogen) atoms. The van der Waals surface area contributed by atoms with Crippen LogP contribution in [0.1, 0.15) is 0 Å². The zero-order chi connectivity index (χ0) is 13.2. The van der Waals surface area contributed by atoms with Gasteiger partial charge in [-0.3, -0.25) is 0 Å². The Morgan fingerprint density at radius 2 is 1.79 bits per heavy atom. The summed E-state index contributed by atoms with van der Waals surface area (Å²) < 4.78 is 6.11. The van der Waals surface area contributed by atoms with E-state index in [0.717, 1.165) is 21.2 Å². The molecular formula is C15H10BrNO2. The molecule has 0 aliphatic carbocycles. The number of hydrogen-bond acceptors (Lipinski definition) is 3. The SMILES string of the molecule is O=c1cc(Nc2ccccc2)c2cc(Br)ccc2o1. The van der Waals surface area contributed by atoms with Crippen molar-refractivity contribution in [3.05, 3.63) is 69.5 Å². The van der Waals surface area contributed by atoms with E-state index in [9.17, 15) is 4.79 Å². The molecule has 0 spiro atoms. The molecule has 1 N–H and O–H groups in total. The summed E-state index contributed by atoms with van der Waals surface area (Å²) in [7, 11) is 0. The fourth-order valence-corrected chi connectivity index (χ4v) is 2.28. The van der Waals surface area contributed by atoms with E-state index >= 15 is 0 Å². The maximum Gasteiger partial charge on any atom is 0.338 e. The van der Waals surface area contributed by atoms with E-state index < -0.39 is 0 Å². The molecule has 3 rings (SSSR count). The lowest BCUT2D eigenvalue weighted by atomic mass is 10.2. The minimum Gasteiger partial charge on any atom is -0.423 e. The van der Waals surface area contributed by atoms with Crippen LogP contribution >= 0.6 is 15.9 Å². The summed E-state index contributed by atoms with van der Waals surface area (Å²) in [6, 6.07) is 16.7. The van der Waals surface area contributed by atoms with Crippen LogP contribution in [0.25, 0.3) is 11.0 Å². The standard InChI is InChI=1S/C15H10BrNO2/c16-10-6-7-14-12(8-10)13(9-15(18)19-14)17-11-4-2-1-3-5-11/h1-9,17H. The van der Waals surface area contributed by atoms with Crippen LogP contribution < -0.4 is 10.9 Å². The number of anilines is 2. The van der Waals surface area contributed by atoms with Crippen molar-refractivity contribution in [2.45, 2.75) is 0 Å². The Bertz CT molecular complexity index is 781. The molecule has 0 bridgehead atoms. The van der Waals surface area contributed by atoms with E-state index in [1.54, 1.807) is 6.07 Å². The third-order valence-corrected chi connectivity index (χ3v) is 3.25. The Morgan fingerprint density at radius 3 is 2.58 bits per heavy atom. The Balaban J connectivity index is 2.17. The molecule has 0 saturated carbocycles. The van der Waals surface area contributed by atoms with Gasteiger partial charge in [0.2, 0.25) is 0 Å². The van der Waals surface area contributed by atoms with E-state index in [4.69, 9.17) is 4.42 Å². The first kappa shape index (κ1) is 12.0. The molecular weight excluding hydrogens is 306 g/mol. The predicted molar refractivity (Wildman–Crippen MR) is 79.9 cm³/mol. The summed E-state index contributed by atoms with van der Waals surface area (Å²) in [6.07, 6.45) is 0. The van der Waals surface area contributed by atoms with Crippen LogP contribution in [-0.2, 0) is 0 Å². The second kappa shape index (κ2) is 4.90. The Hall–Kier alpha value is -2.07. The van der Waals surface area contributed by atoms with Crippen LogP contribution in [0.15, 0.2) is 68.3 Å². The normalized spacial score (nSPS) is 10.6. The second-order valence-electron chi connectivity index (χ2n) is 4.11. The average Bonchev–Trinajstić information content (AvgIpc) is 2.41. The quantitative estimate of drug-likeness (QED) is 0.717. The van der Waals surface area contributed by atoms with E-state index in [1.165, 1.54) is 6.07 Å². The molecule has 0 unspecified atom stereocenters. The highest BCUT2D eigenvalue weighted by Gasteiger charge is 2.06. The topological polar surface area (TPSA) is 42.2 Å². The van der Waals surface area contributed by atoms with E-state index in [-0.39, 0.29) is 5.63 Å². The number of para-hydroxylation sites is 1. The van der Waals surface area contributed by atoms with Gasteiger partial charge in [-0.15, -0.1) is 0 Å². The van der Waals surface area contributed by atoms with Gasteiger partial charge in [-0.05, 0) is 30.3 Å². The molecule has 3 nitrogen and oxygen atoms in total. The van der Waals surface area contributed by atoms with Crippen LogP contribution in [0.4, 0.5) is 11.4 Å². The zero-order valence-corrected chi connectivity index (χ0v) is 11.5. The van der Waals surface area contributed by atoms with Gasteiger partial charge in [0.15, 0.2) is 0 Å². The maximum atomic E-state index is 11.6. The van der Waals surface area contributed by atoms with Crippen LogP contribution in [0.3, 0.4) is 0 Å². The third-order valence-electron chi connectivity index (χ3n) is 2.76. The van der Waals surface area contributed by atoms with E-state index in [2.05, 4.69) is 21.2 Å². The molecule has 0 amide bonds. The Kier molecular flexibility index (Phi) is 3.09. The molecule has 0 fully saturated rings. The van der Waals surface area contributed by atoms with Crippen molar-refractivity contribution in [3.8, 4) is 0 Å². The fourth-order valence-electron chi connectivity index (χ4n) is 1.92. The van der Waals surface area contributed by atoms with Gasteiger partial charge in [-0.1, -0.05) is 34.1 Å². The van der Waals surface area contributed by atoms with Crippen molar-refractivity contribution in [2.24, 2.45) is 0 Å². The zero-order valence-electron chi connectivity index (χ0n) is 9.89. The van der Waals surface area contributed by atoms with Crippen molar-refractivity contribution in [1.82, 2.24) is 0 Å². The van der Waals surface area contributed by atoms with Gasteiger partial charge in [0.05, 0.1) is 5.69 Å². The van der Waals surface area contributed by atoms with Crippen molar-refractivity contribution in [3.63, 3.8) is 0 Å². The van der Waals surface area contributed by atoms with Gasteiger partial charge in [0.25, 0.3) is 0 Å². The monoisotopic (exact) mass is 315 g/mol. The lowest BCUT2D eigenvalue weighted by Gasteiger charge is -2.08. The fraction of sp³-hybridized carbons (Fsp3) is 0. The highest BCUT2D eigenvalue weighted by atomic mass is 79.9. The maximum absolute atomic E-state index is 11.6. The molecule has 1 heterocycles. The minimum atomic E-state index is -0.367. The average molecular weight is 316 g/mol. The molecule has 4 heteroatoms. The Morgan fingerprint density at radius 1 is 1.00 bits per heavy atom. The van der Waals surface area contributed by atoms with Crippen molar-refractivity contribution in [2.75, 3.05) is 5.32 Å². The lowest BCUT2D eigenvalue weighted by Crippen LogP contribution is -2.01. The van der Waals surface area contributed by atoms with E-state index in [0.29, 0.717) is 5.58 Å². The molecule has 0 radical (unpaired) electrons. The predicted octanol–water partition coefficient (Wildman–Crippen LogP) is 4.30. The van der Waals surface area contributed by atoms with Crippen molar-refractivity contribution in [1.29, 1.82) is 0 Å². The van der Waals surface area contributed by atoms with Gasteiger partial charge < -0.3 is 9.73 Å². The number of rotatable bonds is 2. The summed E-state index contributed by atoms with van der Waals surface area (Å²) in [4.78, 5) is 11.6. The summed E-state index contributed by atoms with van der Waals surface area (Å²) >= 11 is 3.42. The van der Waals surface area contributed by atoms with Gasteiger partial charge >= 0.3 is 5.63 Å². The summed E-state index contributed by atoms with van der Waals surface area (Å²) in [5, 5.41) is 4.09. The van der Waals surface area contributed by atoms with Crippen molar-refractivity contribution >= 4 is 38.3 Å².